The van der Waals surface area contributed by atoms with Crippen LogP contribution in [0.15, 0.2) is 36.4 Å². The first-order valence-electron chi connectivity index (χ1n) is 10.2. The number of ether oxygens (including phenoxy) is 2. The third kappa shape index (κ3) is 4.12. The fourth-order valence-electron chi connectivity index (χ4n) is 3.54. The van der Waals surface area contributed by atoms with Gasteiger partial charge in [0.25, 0.3) is 23.6 Å². The summed E-state index contributed by atoms with van der Waals surface area (Å²) in [6.45, 7) is -0.973. The maximum atomic E-state index is 13.1. The van der Waals surface area contributed by atoms with Crippen molar-refractivity contribution < 1.29 is 52.7 Å². The van der Waals surface area contributed by atoms with E-state index in [-0.39, 0.29) is 43.5 Å². The lowest BCUT2D eigenvalue weighted by molar-refractivity contribution is -0.173. The van der Waals surface area contributed by atoms with Crippen molar-refractivity contribution in [2.45, 2.75) is 0 Å². The lowest BCUT2D eigenvalue weighted by atomic mass is 9.96. The largest absolute Gasteiger partial charge is 0.373 e. The van der Waals surface area contributed by atoms with E-state index in [0.29, 0.717) is 0 Å². The molecule has 0 unspecified atom stereocenters. The van der Waals surface area contributed by atoms with Gasteiger partial charge in [-0.1, -0.05) is 22.3 Å². The zero-order valence-electron chi connectivity index (χ0n) is 18.8. The van der Waals surface area contributed by atoms with Gasteiger partial charge in [0.05, 0.1) is 22.3 Å². The van der Waals surface area contributed by atoms with Crippen LogP contribution in [0.1, 0.15) is 57.4 Å². The number of carbonyl (C=O) groups excluding carboxylic acids is 7. The number of hydroxylamine groups is 4. The van der Waals surface area contributed by atoms with Crippen LogP contribution in [-0.4, -0.2) is 78.9 Å². The van der Waals surface area contributed by atoms with E-state index in [0.717, 1.165) is 12.1 Å². The second kappa shape index (κ2) is 9.48. The summed E-state index contributed by atoms with van der Waals surface area (Å²) in [5, 5.41) is 0.554. The van der Waals surface area contributed by atoms with Crippen LogP contribution in [0.3, 0.4) is 0 Å². The highest BCUT2D eigenvalue weighted by molar-refractivity contribution is 6.24. The first-order chi connectivity index (χ1) is 17.2. The first kappa shape index (κ1) is 24.4. The van der Waals surface area contributed by atoms with E-state index in [1.165, 1.54) is 38.5 Å². The Balaban J connectivity index is 1.58. The third-order valence-electron chi connectivity index (χ3n) is 5.13. The van der Waals surface area contributed by atoms with Crippen LogP contribution < -0.4 is 0 Å². The van der Waals surface area contributed by atoms with E-state index < -0.39 is 54.6 Å². The molecule has 0 fully saturated rings. The molecule has 0 atom stereocenters. The van der Waals surface area contributed by atoms with Gasteiger partial charge in [-0.2, -0.15) is 0 Å². The summed E-state index contributed by atoms with van der Waals surface area (Å²) < 4.78 is 9.19. The van der Waals surface area contributed by atoms with Crippen molar-refractivity contribution in [3.63, 3.8) is 0 Å². The van der Waals surface area contributed by atoms with Crippen LogP contribution in [0.2, 0.25) is 0 Å². The molecular weight excluding hydrogens is 480 g/mol. The monoisotopic (exact) mass is 496 g/mol. The zero-order valence-corrected chi connectivity index (χ0v) is 18.8. The van der Waals surface area contributed by atoms with Gasteiger partial charge in [0.1, 0.15) is 13.2 Å². The predicted octanol–water partition coefficient (Wildman–Crippen LogP) is 0.319. The second-order valence-electron chi connectivity index (χ2n) is 7.45. The molecule has 2 aliphatic heterocycles. The maximum absolute atomic E-state index is 13.1. The number of imide groups is 2. The van der Waals surface area contributed by atoms with Crippen LogP contribution in [0, 0.1) is 0 Å². The van der Waals surface area contributed by atoms with E-state index >= 15 is 0 Å². The minimum atomic E-state index is -0.970. The average Bonchev–Trinajstić information content (AvgIpc) is 3.23. The Hall–Kier alpha value is -4.75. The summed E-state index contributed by atoms with van der Waals surface area (Å²) in [6.07, 6.45) is 0. The lowest BCUT2D eigenvalue weighted by Gasteiger charge is -2.11. The van der Waals surface area contributed by atoms with Gasteiger partial charge >= 0.3 is 11.9 Å². The molecule has 36 heavy (non-hydrogen) atoms. The van der Waals surface area contributed by atoms with Crippen LogP contribution in [-0.2, 0) is 28.7 Å². The number of carbonyl (C=O) groups is 7. The van der Waals surface area contributed by atoms with E-state index in [1.54, 1.807) is 0 Å². The molecule has 0 aliphatic carbocycles. The topological polar surface area (TPSA) is 163 Å². The highest BCUT2D eigenvalue weighted by Gasteiger charge is 2.41. The second-order valence-corrected chi connectivity index (χ2v) is 7.45. The Morgan fingerprint density at radius 1 is 0.611 bits per heavy atom. The molecule has 2 aliphatic rings. The number of fused-ring (bicyclic) bond motifs is 2. The van der Waals surface area contributed by atoms with Crippen LogP contribution in [0.4, 0.5) is 0 Å². The quantitative estimate of drug-likeness (QED) is 0.365. The Bertz CT molecular complexity index is 1260. The number of amides is 4. The lowest BCUT2D eigenvalue weighted by Crippen LogP contribution is -2.33. The Kier molecular flexibility index (Phi) is 6.42. The number of hydrogen-bond donors (Lipinski definition) is 0. The molecule has 0 bridgehead atoms. The van der Waals surface area contributed by atoms with Gasteiger partial charge in [-0.25, -0.2) is 9.59 Å². The van der Waals surface area contributed by atoms with Crippen LogP contribution in [0.25, 0.3) is 0 Å². The number of ketones is 1. The predicted molar refractivity (Wildman–Crippen MR) is 113 cm³/mol. The summed E-state index contributed by atoms with van der Waals surface area (Å²) in [5.41, 5.74) is -0.519. The summed E-state index contributed by atoms with van der Waals surface area (Å²) >= 11 is 0. The van der Waals surface area contributed by atoms with Gasteiger partial charge in [-0.3, -0.25) is 24.0 Å². The summed E-state index contributed by atoms with van der Waals surface area (Å²) in [4.78, 5) is 95.9. The molecule has 2 aromatic carbocycles. The van der Waals surface area contributed by atoms with Crippen molar-refractivity contribution in [3.8, 4) is 0 Å². The maximum Gasteiger partial charge on any atom is 0.358 e. The molecule has 13 heteroatoms. The number of hydrogen-bond acceptors (Lipinski definition) is 11. The normalized spacial score (nSPS) is 14.2. The molecule has 4 rings (SSSR count). The number of nitrogens with zero attached hydrogens (tertiary/aromatic N) is 2. The van der Waals surface area contributed by atoms with E-state index in [2.05, 4.69) is 9.47 Å². The van der Waals surface area contributed by atoms with Crippen molar-refractivity contribution in [2.75, 3.05) is 27.4 Å². The molecule has 4 amide bonds. The molecule has 2 aromatic rings. The smallest absolute Gasteiger partial charge is 0.358 e. The summed E-state index contributed by atoms with van der Waals surface area (Å²) in [5.74, 6) is -6.24. The van der Waals surface area contributed by atoms with Crippen molar-refractivity contribution in [2.24, 2.45) is 0 Å². The Morgan fingerprint density at radius 3 is 1.33 bits per heavy atom. The fourth-order valence-corrected chi connectivity index (χ4v) is 3.54. The standard InChI is InChI=1S/C23H16N2O11/c1-33-9-17(26)35-24-20(29)13-5-3-11(7-15(13)22(24)31)19(28)12-4-6-14-16(8-12)23(32)25(21(14)30)36-18(27)10-34-2/h3-8H,9-10H2,1-2H3. The molecule has 0 N–H and O–H groups in total. The molecule has 0 saturated carbocycles. The van der Waals surface area contributed by atoms with Gasteiger partial charge in [-0.15, -0.1) is 0 Å². The van der Waals surface area contributed by atoms with Gasteiger partial charge in [0.15, 0.2) is 5.78 Å². The summed E-state index contributed by atoms with van der Waals surface area (Å²) in [7, 11) is 2.46. The molecule has 13 nitrogen and oxygen atoms in total. The van der Waals surface area contributed by atoms with Crippen molar-refractivity contribution in [3.05, 3.63) is 69.8 Å². The van der Waals surface area contributed by atoms with Gasteiger partial charge < -0.3 is 19.1 Å². The van der Waals surface area contributed by atoms with Crippen molar-refractivity contribution in [1.82, 2.24) is 10.1 Å². The van der Waals surface area contributed by atoms with Crippen LogP contribution >= 0.6 is 0 Å². The van der Waals surface area contributed by atoms with Crippen LogP contribution in [0.5, 0.6) is 0 Å². The SMILES string of the molecule is COCC(=O)ON1C(=O)c2ccc(C(=O)c3ccc4c(c3)C(=O)N(OC(=O)COC)C4=O)cc2C1=O. The Labute approximate surface area is 202 Å². The number of methoxy groups -OCH3 is 2. The van der Waals surface area contributed by atoms with Gasteiger partial charge in [-0.05, 0) is 24.3 Å². The Morgan fingerprint density at radius 2 is 0.972 bits per heavy atom. The first-order valence-corrected chi connectivity index (χ1v) is 10.2. The molecule has 0 spiro atoms. The average molecular weight is 496 g/mol. The number of benzene rings is 2. The molecular formula is C23H16N2O11. The van der Waals surface area contributed by atoms with E-state index in [1.807, 2.05) is 0 Å². The minimum absolute atomic E-state index is 0.0138. The highest BCUT2D eigenvalue weighted by atomic mass is 16.7. The number of rotatable bonds is 8. The molecule has 0 aromatic heterocycles. The van der Waals surface area contributed by atoms with Crippen molar-refractivity contribution in [1.29, 1.82) is 0 Å². The van der Waals surface area contributed by atoms with E-state index in [4.69, 9.17) is 9.68 Å². The fraction of sp³-hybridized carbons (Fsp3) is 0.174. The molecule has 0 saturated heterocycles. The third-order valence-corrected chi connectivity index (χ3v) is 5.13. The molecule has 2 heterocycles. The van der Waals surface area contributed by atoms with Gasteiger partial charge in [0.2, 0.25) is 0 Å². The van der Waals surface area contributed by atoms with Crippen molar-refractivity contribution >= 4 is 41.4 Å². The van der Waals surface area contributed by atoms with Gasteiger partial charge in [0, 0.05) is 25.3 Å². The highest BCUT2D eigenvalue weighted by Crippen LogP contribution is 2.28. The molecule has 184 valence electrons. The van der Waals surface area contributed by atoms with E-state index in [9.17, 15) is 33.6 Å². The minimum Gasteiger partial charge on any atom is -0.373 e. The molecule has 0 radical (unpaired) electrons. The zero-order chi connectivity index (χ0) is 26.1. The summed E-state index contributed by atoms with van der Waals surface area (Å²) in [6, 6.07) is 7.33.